The summed E-state index contributed by atoms with van der Waals surface area (Å²) in [5.41, 5.74) is 1.73. The highest BCUT2D eigenvalue weighted by Crippen LogP contribution is 2.39. The number of nitrogens with one attached hydrogen (secondary N) is 1. The minimum Gasteiger partial charge on any atom is -0.342 e. The van der Waals surface area contributed by atoms with Crippen molar-refractivity contribution in [1.82, 2.24) is 9.80 Å². The number of likely N-dealkylation sites (N-methyl/N-ethyl adjacent to an activating group) is 2. The number of carbonyl (C=O) groups is 2. The lowest BCUT2D eigenvalue weighted by Crippen LogP contribution is -2.41. The van der Waals surface area contributed by atoms with Gasteiger partial charge in [-0.1, -0.05) is 6.92 Å². The molecule has 0 spiro atoms. The van der Waals surface area contributed by atoms with E-state index in [9.17, 15) is 14.9 Å². The van der Waals surface area contributed by atoms with Gasteiger partial charge in [0.05, 0.1) is 18.7 Å². The number of anilines is 1. The van der Waals surface area contributed by atoms with Crippen molar-refractivity contribution < 1.29 is 9.59 Å². The number of fused-ring (bicyclic) bond motifs is 1. The maximum Gasteiger partial charge on any atom is 0.239 e. The maximum absolute atomic E-state index is 12.4. The van der Waals surface area contributed by atoms with Gasteiger partial charge in [0.2, 0.25) is 11.8 Å². The Morgan fingerprint density at radius 2 is 2.00 bits per heavy atom. The molecule has 0 bridgehead atoms. The number of hydrogen-bond acceptors (Lipinski definition) is 5. The topological polar surface area (TPSA) is 76.4 Å². The number of carbonyl (C=O) groups excluding carboxylic acids is 2. The molecule has 0 unspecified atom stereocenters. The molecule has 0 fully saturated rings. The Balaban J connectivity index is 1.98. The highest BCUT2D eigenvalue weighted by molar-refractivity contribution is 7.16. The first-order chi connectivity index (χ1) is 12.4. The third-order valence-electron chi connectivity index (χ3n) is 4.81. The first-order valence-corrected chi connectivity index (χ1v) is 10.0. The van der Waals surface area contributed by atoms with Gasteiger partial charge in [0, 0.05) is 18.0 Å². The Kier molecular flexibility index (Phi) is 7.18. The summed E-state index contributed by atoms with van der Waals surface area (Å²) in [5, 5.41) is 13.0. The van der Waals surface area contributed by atoms with Gasteiger partial charge in [-0.15, -0.1) is 11.3 Å². The largest absolute Gasteiger partial charge is 0.342 e. The second-order valence-corrected chi connectivity index (χ2v) is 8.06. The molecule has 0 saturated heterocycles. The van der Waals surface area contributed by atoms with Crippen LogP contribution in [0.5, 0.6) is 0 Å². The normalized spacial score (nSPS) is 16.1. The predicted octanol–water partition coefficient (Wildman–Crippen LogP) is 2.48. The molecule has 0 aliphatic heterocycles. The van der Waals surface area contributed by atoms with E-state index in [1.807, 2.05) is 13.8 Å². The summed E-state index contributed by atoms with van der Waals surface area (Å²) in [6.45, 7) is 7.76. The number of nitriles is 1. The van der Waals surface area contributed by atoms with Gasteiger partial charge in [0.25, 0.3) is 0 Å². The van der Waals surface area contributed by atoms with E-state index in [1.54, 1.807) is 16.8 Å². The number of amides is 2. The standard InChI is InChI=1S/C19H28N4O2S/c1-5-23(6-2)18(25)12-22(4)11-17(24)21-19-15(10-20)14-8-7-13(3)9-16(14)26-19/h13H,5-9,11-12H2,1-4H3,(H,21,24)/t13-/m0/s1. The zero-order chi connectivity index (χ0) is 19.3. The third-order valence-corrected chi connectivity index (χ3v) is 5.98. The number of rotatable bonds is 7. The van der Waals surface area contributed by atoms with Gasteiger partial charge in [0.15, 0.2) is 0 Å². The zero-order valence-corrected chi connectivity index (χ0v) is 16.9. The van der Waals surface area contributed by atoms with Crippen LogP contribution in [0.15, 0.2) is 0 Å². The van der Waals surface area contributed by atoms with E-state index in [0.29, 0.717) is 29.6 Å². The lowest BCUT2D eigenvalue weighted by molar-refractivity contribution is -0.132. The monoisotopic (exact) mass is 376 g/mol. The molecule has 0 radical (unpaired) electrons. The minimum absolute atomic E-state index is 0.0172. The van der Waals surface area contributed by atoms with Crippen LogP contribution in [0.3, 0.4) is 0 Å². The molecule has 1 heterocycles. The van der Waals surface area contributed by atoms with E-state index in [-0.39, 0.29) is 24.9 Å². The van der Waals surface area contributed by atoms with Crippen LogP contribution < -0.4 is 5.32 Å². The molecule has 6 nitrogen and oxygen atoms in total. The van der Waals surface area contributed by atoms with Crippen molar-refractivity contribution in [2.24, 2.45) is 5.92 Å². The average molecular weight is 377 g/mol. The van der Waals surface area contributed by atoms with Crippen LogP contribution in [0.25, 0.3) is 0 Å². The molecule has 0 aromatic carbocycles. The van der Waals surface area contributed by atoms with E-state index >= 15 is 0 Å². The fourth-order valence-corrected chi connectivity index (χ4v) is 4.71. The van der Waals surface area contributed by atoms with Crippen molar-refractivity contribution in [3.8, 4) is 6.07 Å². The minimum atomic E-state index is -0.192. The molecule has 1 aromatic heterocycles. The molecular weight excluding hydrogens is 348 g/mol. The van der Waals surface area contributed by atoms with Crippen LogP contribution in [-0.2, 0) is 22.4 Å². The van der Waals surface area contributed by atoms with Crippen molar-refractivity contribution in [3.05, 3.63) is 16.0 Å². The van der Waals surface area contributed by atoms with Gasteiger partial charge in [-0.25, -0.2) is 0 Å². The summed E-state index contributed by atoms with van der Waals surface area (Å²) in [6, 6.07) is 2.26. The molecule has 1 N–H and O–H groups in total. The second-order valence-electron chi connectivity index (χ2n) is 6.95. The van der Waals surface area contributed by atoms with Crippen LogP contribution in [0.4, 0.5) is 5.00 Å². The average Bonchev–Trinajstić information content (AvgIpc) is 2.91. The quantitative estimate of drug-likeness (QED) is 0.793. The number of nitrogens with zero attached hydrogens (tertiary/aromatic N) is 3. The lowest BCUT2D eigenvalue weighted by atomic mass is 9.89. The van der Waals surface area contributed by atoms with Crippen LogP contribution >= 0.6 is 11.3 Å². The summed E-state index contributed by atoms with van der Waals surface area (Å²) < 4.78 is 0. The SMILES string of the molecule is CCN(CC)C(=O)CN(C)CC(=O)Nc1sc2c(c1C#N)CC[C@H](C)C2. The Morgan fingerprint density at radius 3 is 2.62 bits per heavy atom. The van der Waals surface area contributed by atoms with Crippen LogP contribution in [0.1, 0.15) is 43.2 Å². The van der Waals surface area contributed by atoms with E-state index in [2.05, 4.69) is 18.3 Å². The molecule has 142 valence electrons. The Bertz CT molecular complexity index is 703. The lowest BCUT2D eigenvalue weighted by Gasteiger charge is -2.22. The summed E-state index contributed by atoms with van der Waals surface area (Å²) in [5.74, 6) is 0.444. The van der Waals surface area contributed by atoms with Gasteiger partial charge >= 0.3 is 0 Å². The Morgan fingerprint density at radius 1 is 1.31 bits per heavy atom. The van der Waals surface area contributed by atoms with E-state index in [1.165, 1.54) is 16.2 Å². The van der Waals surface area contributed by atoms with E-state index < -0.39 is 0 Å². The first kappa shape index (κ1) is 20.4. The summed E-state index contributed by atoms with van der Waals surface area (Å²) >= 11 is 1.52. The van der Waals surface area contributed by atoms with Gasteiger partial charge in [-0.05, 0) is 51.6 Å². The van der Waals surface area contributed by atoms with Gasteiger partial charge in [-0.3, -0.25) is 14.5 Å². The Hall–Kier alpha value is -1.91. The number of thiophene rings is 1. The predicted molar refractivity (Wildman–Crippen MR) is 104 cm³/mol. The Labute approximate surface area is 159 Å². The number of hydrogen-bond donors (Lipinski definition) is 1. The fraction of sp³-hybridized carbons (Fsp3) is 0.632. The van der Waals surface area contributed by atoms with Crippen molar-refractivity contribution in [2.45, 2.75) is 40.0 Å². The van der Waals surface area contributed by atoms with Gasteiger partial charge in [-0.2, -0.15) is 5.26 Å². The van der Waals surface area contributed by atoms with Crippen molar-refractivity contribution in [2.75, 3.05) is 38.5 Å². The molecule has 1 atom stereocenters. The summed E-state index contributed by atoms with van der Waals surface area (Å²) in [7, 11) is 1.76. The van der Waals surface area contributed by atoms with Gasteiger partial charge < -0.3 is 10.2 Å². The molecule has 2 amide bonds. The summed E-state index contributed by atoms with van der Waals surface area (Å²) in [6.07, 6.45) is 2.97. The van der Waals surface area contributed by atoms with Crippen molar-refractivity contribution in [1.29, 1.82) is 5.26 Å². The molecule has 26 heavy (non-hydrogen) atoms. The van der Waals surface area contributed by atoms with Crippen molar-refractivity contribution >= 4 is 28.2 Å². The molecule has 1 aliphatic rings. The van der Waals surface area contributed by atoms with E-state index in [4.69, 9.17) is 0 Å². The first-order valence-electron chi connectivity index (χ1n) is 9.20. The highest BCUT2D eigenvalue weighted by Gasteiger charge is 2.25. The molecule has 0 saturated carbocycles. The molecule has 7 heteroatoms. The smallest absolute Gasteiger partial charge is 0.239 e. The van der Waals surface area contributed by atoms with Crippen LogP contribution in [-0.4, -0.2) is 54.8 Å². The maximum atomic E-state index is 12.4. The third kappa shape index (κ3) is 4.83. The zero-order valence-electron chi connectivity index (χ0n) is 16.1. The molecule has 1 aliphatic carbocycles. The molecular formula is C19H28N4O2S. The highest BCUT2D eigenvalue weighted by atomic mass is 32.1. The van der Waals surface area contributed by atoms with E-state index in [0.717, 1.165) is 24.8 Å². The fourth-order valence-electron chi connectivity index (χ4n) is 3.33. The second kappa shape index (κ2) is 9.15. The molecule has 1 aromatic rings. The van der Waals surface area contributed by atoms with Crippen LogP contribution in [0, 0.1) is 17.2 Å². The van der Waals surface area contributed by atoms with Crippen LogP contribution in [0.2, 0.25) is 0 Å². The summed E-state index contributed by atoms with van der Waals surface area (Å²) in [4.78, 5) is 29.2. The van der Waals surface area contributed by atoms with Crippen molar-refractivity contribution in [3.63, 3.8) is 0 Å². The van der Waals surface area contributed by atoms with Gasteiger partial charge in [0.1, 0.15) is 11.1 Å². The molecule has 2 rings (SSSR count).